The summed E-state index contributed by atoms with van der Waals surface area (Å²) >= 11 is 0. The van der Waals surface area contributed by atoms with Crippen LogP contribution < -0.4 is 9.47 Å². The molecular weight excluding hydrogens is 216 g/mol. The number of likely N-dealkylation sites (N-methyl/N-ethyl adjacent to an activating group) is 1. The molecule has 0 aliphatic heterocycles. The number of aryl methyl sites for hydroxylation is 1. The van der Waals surface area contributed by atoms with E-state index in [1.54, 1.807) is 26.2 Å². The zero-order valence-electron chi connectivity index (χ0n) is 10.8. The van der Waals surface area contributed by atoms with E-state index in [0.717, 1.165) is 29.0 Å². The van der Waals surface area contributed by atoms with Crippen LogP contribution in [0.3, 0.4) is 0 Å². The summed E-state index contributed by atoms with van der Waals surface area (Å²) in [5.74, 6) is 1.60. The summed E-state index contributed by atoms with van der Waals surface area (Å²) in [6.45, 7) is 2.70. The molecule has 4 heteroatoms. The van der Waals surface area contributed by atoms with Gasteiger partial charge >= 0.3 is 0 Å². The molecule has 1 rings (SSSR count). The highest BCUT2D eigenvalue weighted by atomic mass is 16.5. The second kappa shape index (κ2) is 6.00. The number of benzene rings is 1. The van der Waals surface area contributed by atoms with Crippen molar-refractivity contribution in [2.45, 2.75) is 13.3 Å². The molecule has 0 spiro atoms. The fraction of sp³-hybridized carbons (Fsp3) is 0.462. The van der Waals surface area contributed by atoms with Crippen molar-refractivity contribution in [2.75, 3.05) is 27.8 Å². The van der Waals surface area contributed by atoms with Crippen molar-refractivity contribution in [1.82, 2.24) is 4.90 Å². The Kier molecular flexibility index (Phi) is 4.65. The molecule has 0 atom stereocenters. The molecule has 0 heterocycles. The van der Waals surface area contributed by atoms with Crippen molar-refractivity contribution in [3.63, 3.8) is 0 Å². The lowest BCUT2D eigenvalue weighted by molar-refractivity contribution is 0.387. The van der Waals surface area contributed by atoms with Crippen LogP contribution in [0.4, 0.5) is 0 Å². The van der Waals surface area contributed by atoms with Gasteiger partial charge in [-0.3, -0.25) is 0 Å². The van der Waals surface area contributed by atoms with E-state index in [1.165, 1.54) is 0 Å². The molecule has 0 aliphatic carbocycles. The Bertz CT molecular complexity index is 424. The summed E-state index contributed by atoms with van der Waals surface area (Å²) in [6.07, 6.45) is 2.86. The van der Waals surface area contributed by atoms with Crippen molar-refractivity contribution in [3.8, 4) is 17.7 Å². The largest absolute Gasteiger partial charge is 0.497 e. The van der Waals surface area contributed by atoms with Gasteiger partial charge in [0.15, 0.2) is 6.19 Å². The Morgan fingerprint density at radius 1 is 1.29 bits per heavy atom. The number of nitrogens with zero attached hydrogens (tertiary/aromatic N) is 2. The smallest absolute Gasteiger partial charge is 0.179 e. The summed E-state index contributed by atoms with van der Waals surface area (Å²) < 4.78 is 10.5. The van der Waals surface area contributed by atoms with Crippen molar-refractivity contribution < 1.29 is 9.47 Å². The molecule has 4 nitrogen and oxygen atoms in total. The first-order valence-electron chi connectivity index (χ1n) is 5.44. The van der Waals surface area contributed by atoms with Crippen LogP contribution in [-0.2, 0) is 6.42 Å². The van der Waals surface area contributed by atoms with Crippen LogP contribution in [0, 0.1) is 18.4 Å². The molecule has 0 aliphatic rings. The molecule has 92 valence electrons. The van der Waals surface area contributed by atoms with Gasteiger partial charge in [0.1, 0.15) is 11.5 Å². The third kappa shape index (κ3) is 3.28. The van der Waals surface area contributed by atoms with E-state index in [-0.39, 0.29) is 0 Å². The van der Waals surface area contributed by atoms with Gasteiger partial charge in [0.25, 0.3) is 0 Å². The molecule has 1 aromatic carbocycles. The van der Waals surface area contributed by atoms with E-state index >= 15 is 0 Å². The van der Waals surface area contributed by atoms with Gasteiger partial charge in [0.2, 0.25) is 0 Å². The van der Waals surface area contributed by atoms with Crippen LogP contribution in [-0.4, -0.2) is 32.7 Å². The Labute approximate surface area is 102 Å². The maximum atomic E-state index is 8.72. The average Bonchev–Trinajstić information content (AvgIpc) is 2.35. The molecular formula is C13H18N2O2. The summed E-state index contributed by atoms with van der Waals surface area (Å²) in [7, 11) is 5.05. The van der Waals surface area contributed by atoms with Gasteiger partial charge in [-0.2, -0.15) is 5.26 Å². The molecule has 0 unspecified atom stereocenters. The van der Waals surface area contributed by atoms with Crippen LogP contribution >= 0.6 is 0 Å². The van der Waals surface area contributed by atoms with Crippen LogP contribution in [0.5, 0.6) is 11.5 Å². The van der Waals surface area contributed by atoms with Gasteiger partial charge < -0.3 is 14.4 Å². The van der Waals surface area contributed by atoms with Crippen LogP contribution in [0.1, 0.15) is 11.1 Å². The molecule has 0 bridgehead atoms. The van der Waals surface area contributed by atoms with Gasteiger partial charge in [-0.05, 0) is 30.5 Å². The van der Waals surface area contributed by atoms with Gasteiger partial charge in [-0.1, -0.05) is 0 Å². The van der Waals surface area contributed by atoms with Crippen LogP contribution in [0.2, 0.25) is 0 Å². The molecule has 0 radical (unpaired) electrons. The zero-order valence-corrected chi connectivity index (χ0v) is 10.8. The zero-order chi connectivity index (χ0) is 12.8. The molecule has 0 N–H and O–H groups in total. The fourth-order valence-corrected chi connectivity index (χ4v) is 1.70. The number of nitriles is 1. The number of rotatable bonds is 5. The standard InChI is InChI=1S/C13H18N2O2/c1-10-7-11(16-3)8-13(17-4)12(10)5-6-15(2)9-14/h7-8H,5-6H2,1-4H3. The van der Waals surface area contributed by atoms with E-state index in [4.69, 9.17) is 14.7 Å². The van der Waals surface area contributed by atoms with Gasteiger partial charge in [0.05, 0.1) is 14.2 Å². The lowest BCUT2D eigenvalue weighted by Gasteiger charge is -2.15. The normalized spacial score (nSPS) is 9.59. The Morgan fingerprint density at radius 3 is 2.53 bits per heavy atom. The van der Waals surface area contributed by atoms with Gasteiger partial charge in [-0.15, -0.1) is 0 Å². The highest BCUT2D eigenvalue weighted by Gasteiger charge is 2.10. The quantitative estimate of drug-likeness (QED) is 0.577. The lowest BCUT2D eigenvalue weighted by atomic mass is 10.0. The Balaban J connectivity index is 2.94. The molecule has 0 aromatic heterocycles. The molecule has 1 aromatic rings. The highest BCUT2D eigenvalue weighted by molar-refractivity contribution is 5.46. The number of ether oxygens (including phenoxy) is 2. The molecule has 0 fully saturated rings. The van der Waals surface area contributed by atoms with Crippen molar-refractivity contribution in [3.05, 3.63) is 23.3 Å². The predicted molar refractivity (Wildman–Crippen MR) is 66.2 cm³/mol. The molecule has 0 amide bonds. The molecule has 0 saturated carbocycles. The SMILES string of the molecule is COc1cc(C)c(CCN(C)C#N)c(OC)c1. The van der Waals surface area contributed by atoms with Crippen molar-refractivity contribution in [1.29, 1.82) is 5.26 Å². The molecule has 0 saturated heterocycles. The first-order chi connectivity index (χ1) is 8.12. The van der Waals surface area contributed by atoms with Crippen molar-refractivity contribution in [2.24, 2.45) is 0 Å². The van der Waals surface area contributed by atoms with E-state index in [0.29, 0.717) is 6.54 Å². The maximum absolute atomic E-state index is 8.72. The monoisotopic (exact) mass is 234 g/mol. The first-order valence-corrected chi connectivity index (χ1v) is 5.44. The third-order valence-electron chi connectivity index (χ3n) is 2.73. The number of hydrogen-bond donors (Lipinski definition) is 0. The first kappa shape index (κ1) is 13.2. The van der Waals surface area contributed by atoms with E-state index in [2.05, 4.69) is 6.19 Å². The summed E-state index contributed by atoms with van der Waals surface area (Å²) in [5, 5.41) is 8.72. The third-order valence-corrected chi connectivity index (χ3v) is 2.73. The molecule has 17 heavy (non-hydrogen) atoms. The second-order valence-corrected chi connectivity index (χ2v) is 3.90. The number of hydrogen-bond acceptors (Lipinski definition) is 4. The minimum Gasteiger partial charge on any atom is -0.497 e. The topological polar surface area (TPSA) is 45.5 Å². The Hall–Kier alpha value is -1.89. The minimum absolute atomic E-state index is 0.681. The van der Waals surface area contributed by atoms with Gasteiger partial charge in [0, 0.05) is 19.7 Å². The lowest BCUT2D eigenvalue weighted by Crippen LogP contribution is -2.15. The summed E-state index contributed by atoms with van der Waals surface area (Å²) in [5.41, 5.74) is 2.24. The van der Waals surface area contributed by atoms with Crippen molar-refractivity contribution >= 4 is 0 Å². The fourth-order valence-electron chi connectivity index (χ4n) is 1.70. The average molecular weight is 234 g/mol. The highest BCUT2D eigenvalue weighted by Crippen LogP contribution is 2.28. The maximum Gasteiger partial charge on any atom is 0.179 e. The second-order valence-electron chi connectivity index (χ2n) is 3.90. The summed E-state index contributed by atoms with van der Waals surface area (Å²) in [6, 6.07) is 3.85. The van der Waals surface area contributed by atoms with E-state index in [1.807, 2.05) is 19.1 Å². The minimum atomic E-state index is 0.681. The Morgan fingerprint density at radius 2 is 2.00 bits per heavy atom. The van der Waals surface area contributed by atoms with Gasteiger partial charge in [-0.25, -0.2) is 0 Å². The predicted octanol–water partition coefficient (Wildman–Crippen LogP) is 1.97. The van der Waals surface area contributed by atoms with Crippen LogP contribution in [0.15, 0.2) is 12.1 Å². The summed E-state index contributed by atoms with van der Waals surface area (Å²) in [4.78, 5) is 1.60. The van der Waals surface area contributed by atoms with E-state index < -0.39 is 0 Å². The number of methoxy groups -OCH3 is 2. The van der Waals surface area contributed by atoms with E-state index in [9.17, 15) is 0 Å². The van der Waals surface area contributed by atoms with Crippen LogP contribution in [0.25, 0.3) is 0 Å².